The van der Waals surface area contributed by atoms with E-state index in [1.165, 1.54) is 20.5 Å². The third-order valence-corrected chi connectivity index (χ3v) is 3.83. The number of rotatable bonds is 7. The summed E-state index contributed by atoms with van der Waals surface area (Å²) in [6.45, 7) is 3.51. The molecule has 114 valence electrons. The summed E-state index contributed by atoms with van der Waals surface area (Å²) in [5.74, 6) is -0.0842. The molecule has 1 aliphatic carbocycles. The number of carbonyl (C=O) groups excluding carboxylic acids is 2. The second-order valence-electron chi connectivity index (χ2n) is 5.35. The van der Waals surface area contributed by atoms with E-state index in [1.807, 2.05) is 0 Å². The number of hydrogen-bond acceptors (Lipinski definition) is 5. The smallest absolute Gasteiger partial charge is 0.331 e. The van der Waals surface area contributed by atoms with Crippen LogP contribution in [0.5, 0.6) is 0 Å². The van der Waals surface area contributed by atoms with Crippen LogP contribution in [0.2, 0.25) is 0 Å². The predicted octanol–water partition coefficient (Wildman–Crippen LogP) is 3.08. The van der Waals surface area contributed by atoms with Crippen molar-refractivity contribution in [3.8, 4) is 0 Å². The summed E-state index contributed by atoms with van der Waals surface area (Å²) < 4.78 is 4.76. The minimum Gasteiger partial charge on any atom is -0.469 e. The van der Waals surface area contributed by atoms with E-state index in [4.69, 9.17) is 9.57 Å². The fraction of sp³-hybridized carbons (Fsp3) is 0.800. The van der Waals surface area contributed by atoms with Crippen molar-refractivity contribution in [2.45, 2.75) is 58.8 Å². The number of nitrogens with zero attached hydrogens (tertiary/aromatic N) is 1. The number of ether oxygens (including phenoxy) is 1. The summed E-state index contributed by atoms with van der Waals surface area (Å²) in [5.41, 5.74) is 0.921. The molecular weight excluding hydrogens is 258 g/mol. The predicted molar refractivity (Wildman–Crippen MR) is 76.2 cm³/mol. The van der Waals surface area contributed by atoms with Crippen LogP contribution < -0.4 is 0 Å². The van der Waals surface area contributed by atoms with Gasteiger partial charge in [-0.05, 0) is 25.2 Å². The van der Waals surface area contributed by atoms with Gasteiger partial charge in [-0.15, -0.1) is 0 Å². The summed E-state index contributed by atoms with van der Waals surface area (Å²) in [4.78, 5) is 27.1. The van der Waals surface area contributed by atoms with E-state index in [-0.39, 0.29) is 17.8 Å². The van der Waals surface area contributed by atoms with Crippen LogP contribution in [0.25, 0.3) is 0 Å². The van der Waals surface area contributed by atoms with E-state index in [1.54, 1.807) is 0 Å². The number of esters is 1. The summed E-state index contributed by atoms with van der Waals surface area (Å²) in [6.07, 6.45) is 6.56. The molecule has 1 aliphatic rings. The van der Waals surface area contributed by atoms with E-state index in [2.05, 4.69) is 12.1 Å². The van der Waals surface area contributed by atoms with Crippen LogP contribution in [-0.2, 0) is 19.2 Å². The van der Waals surface area contributed by atoms with E-state index in [0.29, 0.717) is 6.42 Å². The van der Waals surface area contributed by atoms with Gasteiger partial charge >= 0.3 is 11.9 Å². The zero-order valence-corrected chi connectivity index (χ0v) is 12.7. The third-order valence-electron chi connectivity index (χ3n) is 3.83. The molecule has 1 rings (SSSR count). The molecule has 5 heteroatoms. The lowest BCUT2D eigenvalue weighted by atomic mass is 9.87. The van der Waals surface area contributed by atoms with Crippen molar-refractivity contribution < 1.29 is 19.2 Å². The zero-order chi connectivity index (χ0) is 15.0. The molecule has 0 unspecified atom stereocenters. The highest BCUT2D eigenvalue weighted by molar-refractivity contribution is 5.89. The van der Waals surface area contributed by atoms with Gasteiger partial charge < -0.3 is 9.57 Å². The van der Waals surface area contributed by atoms with Gasteiger partial charge in [0.1, 0.15) is 0 Å². The Kier molecular flexibility index (Phi) is 7.26. The van der Waals surface area contributed by atoms with Gasteiger partial charge in [-0.2, -0.15) is 0 Å². The van der Waals surface area contributed by atoms with Crippen LogP contribution >= 0.6 is 0 Å². The number of methoxy groups -OCH3 is 1. The van der Waals surface area contributed by atoms with Crippen LogP contribution in [0.4, 0.5) is 0 Å². The van der Waals surface area contributed by atoms with Gasteiger partial charge in [0, 0.05) is 19.3 Å². The largest absolute Gasteiger partial charge is 0.469 e. The second-order valence-corrected chi connectivity index (χ2v) is 5.35. The van der Waals surface area contributed by atoms with E-state index in [9.17, 15) is 9.59 Å². The Morgan fingerprint density at radius 3 is 2.70 bits per heavy atom. The molecule has 0 amide bonds. The van der Waals surface area contributed by atoms with Crippen LogP contribution in [-0.4, -0.2) is 24.8 Å². The molecule has 0 aliphatic heterocycles. The van der Waals surface area contributed by atoms with Crippen LogP contribution in [0, 0.1) is 11.8 Å². The molecule has 0 aromatic heterocycles. The Labute approximate surface area is 120 Å². The Balaban J connectivity index is 2.67. The second kappa shape index (κ2) is 8.72. The maximum atomic E-state index is 11.5. The number of oxime groups is 1. The standard InChI is InChI=1S/C15H25NO4/c1-4-5-6-7-13-12(10-15(18)19-3)8-9-14(13)16-20-11(2)17/h12-13H,4-10H2,1-3H3/b16-14-/t12-,13+/m1/s1. The van der Waals surface area contributed by atoms with Crippen molar-refractivity contribution in [3.05, 3.63) is 0 Å². The van der Waals surface area contributed by atoms with Crippen molar-refractivity contribution in [1.29, 1.82) is 0 Å². The SMILES string of the molecule is CCCCC[C@@H]1/C(=N\OC(C)=O)CC[C@@H]1CC(=O)OC. The van der Waals surface area contributed by atoms with Gasteiger partial charge in [0.05, 0.1) is 12.8 Å². The lowest BCUT2D eigenvalue weighted by molar-refractivity contribution is -0.142. The quantitative estimate of drug-likeness (QED) is 0.312. The molecule has 20 heavy (non-hydrogen) atoms. The summed E-state index contributed by atoms with van der Waals surface area (Å²) in [6, 6.07) is 0. The maximum Gasteiger partial charge on any atom is 0.331 e. The van der Waals surface area contributed by atoms with Gasteiger partial charge in [0.15, 0.2) is 0 Å². The molecule has 5 nitrogen and oxygen atoms in total. The number of carbonyl (C=O) groups is 2. The van der Waals surface area contributed by atoms with E-state index in [0.717, 1.165) is 37.8 Å². The minimum atomic E-state index is -0.402. The van der Waals surface area contributed by atoms with Gasteiger partial charge in [0.25, 0.3) is 0 Å². The molecule has 0 heterocycles. The molecule has 0 bridgehead atoms. The van der Waals surface area contributed by atoms with Crippen LogP contribution in [0.3, 0.4) is 0 Å². The van der Waals surface area contributed by atoms with Gasteiger partial charge in [0.2, 0.25) is 0 Å². The van der Waals surface area contributed by atoms with Crippen molar-refractivity contribution in [3.63, 3.8) is 0 Å². The Bertz CT molecular complexity index is 365. The molecule has 0 N–H and O–H groups in total. The average molecular weight is 283 g/mol. The molecule has 0 aromatic rings. The van der Waals surface area contributed by atoms with Gasteiger partial charge in [-0.1, -0.05) is 31.3 Å². The van der Waals surface area contributed by atoms with Crippen LogP contribution in [0.15, 0.2) is 5.16 Å². The first kappa shape index (κ1) is 16.7. The molecule has 1 saturated carbocycles. The maximum absolute atomic E-state index is 11.5. The van der Waals surface area contributed by atoms with E-state index >= 15 is 0 Å². The fourth-order valence-electron chi connectivity index (χ4n) is 2.79. The Hall–Kier alpha value is -1.39. The fourth-order valence-corrected chi connectivity index (χ4v) is 2.79. The summed E-state index contributed by atoms with van der Waals surface area (Å²) in [5, 5.41) is 3.98. The molecule has 2 atom stereocenters. The van der Waals surface area contributed by atoms with E-state index < -0.39 is 5.97 Å². The number of hydrogen-bond donors (Lipinski definition) is 0. The highest BCUT2D eigenvalue weighted by Crippen LogP contribution is 2.36. The van der Waals surface area contributed by atoms with Crippen molar-refractivity contribution >= 4 is 17.7 Å². The molecule has 0 radical (unpaired) electrons. The Morgan fingerprint density at radius 1 is 1.35 bits per heavy atom. The molecular formula is C15H25NO4. The highest BCUT2D eigenvalue weighted by atomic mass is 16.7. The minimum absolute atomic E-state index is 0.177. The van der Waals surface area contributed by atoms with Crippen LogP contribution in [0.1, 0.15) is 58.8 Å². The molecule has 0 aromatic carbocycles. The lowest BCUT2D eigenvalue weighted by Gasteiger charge is -2.18. The first-order chi connectivity index (χ1) is 9.58. The lowest BCUT2D eigenvalue weighted by Crippen LogP contribution is -2.19. The normalized spacial score (nSPS) is 23.9. The number of unbranched alkanes of at least 4 members (excludes halogenated alkanes) is 2. The Morgan fingerprint density at radius 2 is 2.10 bits per heavy atom. The topological polar surface area (TPSA) is 65.0 Å². The monoisotopic (exact) mass is 283 g/mol. The summed E-state index contributed by atoms with van der Waals surface area (Å²) >= 11 is 0. The summed E-state index contributed by atoms with van der Waals surface area (Å²) in [7, 11) is 1.41. The highest BCUT2D eigenvalue weighted by Gasteiger charge is 2.34. The first-order valence-electron chi connectivity index (χ1n) is 7.39. The average Bonchev–Trinajstić information content (AvgIpc) is 2.79. The van der Waals surface area contributed by atoms with Crippen molar-refractivity contribution in [2.24, 2.45) is 17.0 Å². The van der Waals surface area contributed by atoms with Gasteiger partial charge in [-0.25, -0.2) is 4.79 Å². The first-order valence-corrected chi connectivity index (χ1v) is 7.39. The van der Waals surface area contributed by atoms with Crippen molar-refractivity contribution in [1.82, 2.24) is 0 Å². The van der Waals surface area contributed by atoms with Gasteiger partial charge in [-0.3, -0.25) is 4.79 Å². The molecule has 0 saturated heterocycles. The molecule has 0 spiro atoms. The zero-order valence-electron chi connectivity index (χ0n) is 12.7. The van der Waals surface area contributed by atoms with Crippen molar-refractivity contribution in [2.75, 3.05) is 7.11 Å². The third kappa shape index (κ3) is 5.31. The molecule has 1 fully saturated rings.